The Bertz CT molecular complexity index is 171. The molecule has 0 aromatic rings. The number of aliphatic hydroxyl groups is 1. The van der Waals surface area contributed by atoms with Crippen LogP contribution < -0.4 is 0 Å². The summed E-state index contributed by atoms with van der Waals surface area (Å²) in [5.74, 6) is 3.59. The molecule has 0 aliphatic carbocycles. The Balaban J connectivity index is 3.60. The Kier molecular flexibility index (Phi) is 5.28. The van der Waals surface area contributed by atoms with Crippen molar-refractivity contribution in [3.63, 3.8) is 0 Å². The maximum atomic E-state index is 8.75. The van der Waals surface area contributed by atoms with Crippen molar-refractivity contribution < 1.29 is 5.11 Å². The molecule has 0 heterocycles. The zero-order valence-electron chi connectivity index (χ0n) is 8.65. The molecule has 0 aliphatic heterocycles. The summed E-state index contributed by atoms with van der Waals surface area (Å²) in [5, 5.41) is 8.75. The zero-order chi connectivity index (χ0) is 9.61. The van der Waals surface area contributed by atoms with Gasteiger partial charge in [0.05, 0.1) is 0 Å². The Hall–Kier alpha value is -0.263. The molecule has 0 bridgehead atoms. The lowest BCUT2D eigenvalue weighted by molar-refractivity contribution is 0.231. The summed E-state index contributed by atoms with van der Waals surface area (Å²) in [6.07, 6.45) is 1.96. The summed E-state index contributed by atoms with van der Waals surface area (Å²) in [4.78, 5) is 0. The fourth-order valence-corrected chi connectivity index (χ4v) is 1.39. The highest BCUT2D eigenvalue weighted by Crippen LogP contribution is 2.03. The van der Waals surface area contributed by atoms with E-state index in [4.69, 9.17) is 5.11 Å². The molecule has 1 N–H and O–H groups in total. The minimum absolute atomic E-state index is 0.286. The minimum atomic E-state index is -1.16. The smallest absolute Gasteiger partial charge is 0.129 e. The van der Waals surface area contributed by atoms with Crippen molar-refractivity contribution in [1.82, 2.24) is 0 Å². The van der Waals surface area contributed by atoms with E-state index >= 15 is 0 Å². The lowest BCUT2D eigenvalue weighted by Crippen LogP contribution is -2.16. The third kappa shape index (κ3) is 7.84. The molecule has 0 saturated heterocycles. The zero-order valence-corrected chi connectivity index (χ0v) is 9.65. The van der Waals surface area contributed by atoms with Gasteiger partial charge in [-0.25, -0.2) is 0 Å². The molecule has 0 radical (unpaired) electrons. The molecule has 70 valence electrons. The van der Waals surface area contributed by atoms with Crippen molar-refractivity contribution in [1.29, 1.82) is 0 Å². The first kappa shape index (κ1) is 11.7. The molecule has 0 aromatic heterocycles. The fraction of sp³-hybridized carbons (Fsp3) is 0.800. The van der Waals surface area contributed by atoms with E-state index < -0.39 is 8.07 Å². The Labute approximate surface area is 77.2 Å². The van der Waals surface area contributed by atoms with Crippen LogP contribution in [0, 0.1) is 17.4 Å². The van der Waals surface area contributed by atoms with Gasteiger partial charge in [-0.1, -0.05) is 26.6 Å². The van der Waals surface area contributed by atoms with Crippen molar-refractivity contribution in [3.05, 3.63) is 0 Å². The molecule has 0 saturated carbocycles. The van der Waals surface area contributed by atoms with E-state index in [0.717, 1.165) is 12.8 Å². The predicted molar refractivity (Wildman–Crippen MR) is 56.6 cm³/mol. The molecule has 0 unspecified atom stereocenters. The third-order valence-corrected chi connectivity index (χ3v) is 2.46. The SMILES string of the molecule is C[C@H](CO)CCC#C[Si](C)(C)C. The van der Waals surface area contributed by atoms with E-state index in [9.17, 15) is 0 Å². The van der Waals surface area contributed by atoms with Crippen LogP contribution in [0.2, 0.25) is 19.6 Å². The summed E-state index contributed by atoms with van der Waals surface area (Å²) < 4.78 is 0. The van der Waals surface area contributed by atoms with Gasteiger partial charge in [0.1, 0.15) is 8.07 Å². The number of rotatable bonds is 3. The summed E-state index contributed by atoms with van der Waals surface area (Å²) in [5.41, 5.74) is 3.31. The average Bonchev–Trinajstić information content (AvgIpc) is 1.96. The Morgan fingerprint density at radius 1 is 1.33 bits per heavy atom. The van der Waals surface area contributed by atoms with Gasteiger partial charge in [-0.2, -0.15) is 0 Å². The van der Waals surface area contributed by atoms with E-state index in [0.29, 0.717) is 5.92 Å². The van der Waals surface area contributed by atoms with Gasteiger partial charge < -0.3 is 5.11 Å². The summed E-state index contributed by atoms with van der Waals surface area (Å²) >= 11 is 0. The molecule has 1 nitrogen and oxygen atoms in total. The number of aliphatic hydroxyl groups excluding tert-OH is 1. The monoisotopic (exact) mass is 184 g/mol. The second kappa shape index (κ2) is 5.39. The first-order chi connectivity index (χ1) is 5.45. The third-order valence-electron chi connectivity index (χ3n) is 1.54. The molecular weight excluding hydrogens is 164 g/mol. The Morgan fingerprint density at radius 3 is 2.33 bits per heavy atom. The molecule has 1 atom stereocenters. The molecule has 12 heavy (non-hydrogen) atoms. The topological polar surface area (TPSA) is 20.2 Å². The molecule has 0 aliphatic rings. The van der Waals surface area contributed by atoms with E-state index in [1.54, 1.807) is 0 Å². The van der Waals surface area contributed by atoms with Crippen LogP contribution >= 0.6 is 0 Å². The number of hydrogen-bond acceptors (Lipinski definition) is 1. The van der Waals surface area contributed by atoms with Crippen molar-refractivity contribution in [2.45, 2.75) is 39.4 Å². The number of hydrogen-bond donors (Lipinski definition) is 1. The van der Waals surface area contributed by atoms with Crippen LogP contribution in [0.15, 0.2) is 0 Å². The van der Waals surface area contributed by atoms with Gasteiger partial charge in [0, 0.05) is 13.0 Å². The van der Waals surface area contributed by atoms with Crippen LogP contribution in [0.5, 0.6) is 0 Å². The first-order valence-corrected chi connectivity index (χ1v) is 8.06. The maximum absolute atomic E-state index is 8.75. The quantitative estimate of drug-likeness (QED) is 0.527. The average molecular weight is 184 g/mol. The summed E-state index contributed by atoms with van der Waals surface area (Å²) in [6.45, 7) is 9.07. The van der Waals surface area contributed by atoms with Crippen LogP contribution in [0.25, 0.3) is 0 Å². The van der Waals surface area contributed by atoms with Crippen molar-refractivity contribution in [2.75, 3.05) is 6.61 Å². The van der Waals surface area contributed by atoms with Gasteiger partial charge in [0.2, 0.25) is 0 Å². The van der Waals surface area contributed by atoms with Crippen molar-refractivity contribution in [3.8, 4) is 11.5 Å². The molecular formula is C10H20OSi. The minimum Gasteiger partial charge on any atom is -0.396 e. The fourth-order valence-electron chi connectivity index (χ4n) is 0.738. The molecule has 0 spiro atoms. The molecule has 0 fully saturated rings. The first-order valence-electron chi connectivity index (χ1n) is 4.56. The molecule has 0 amide bonds. The van der Waals surface area contributed by atoms with E-state index in [2.05, 4.69) is 38.0 Å². The normalized spacial score (nSPS) is 13.4. The van der Waals surface area contributed by atoms with Gasteiger partial charge in [-0.15, -0.1) is 11.5 Å². The standard InChI is InChI=1S/C10H20OSi/c1-10(9-11)7-5-6-8-12(2,3)4/h10-11H,5,7,9H2,1-4H3/t10-/m0/s1. The lowest BCUT2D eigenvalue weighted by Gasteiger charge is -2.05. The Morgan fingerprint density at radius 2 is 1.92 bits per heavy atom. The van der Waals surface area contributed by atoms with Gasteiger partial charge in [-0.05, 0) is 12.3 Å². The van der Waals surface area contributed by atoms with Crippen LogP contribution in [0.4, 0.5) is 0 Å². The van der Waals surface area contributed by atoms with Crippen molar-refractivity contribution in [2.24, 2.45) is 5.92 Å². The van der Waals surface area contributed by atoms with E-state index in [1.807, 2.05) is 0 Å². The van der Waals surface area contributed by atoms with Gasteiger partial charge in [0.15, 0.2) is 0 Å². The van der Waals surface area contributed by atoms with Crippen LogP contribution in [0.1, 0.15) is 19.8 Å². The second-order valence-electron chi connectivity index (χ2n) is 4.38. The lowest BCUT2D eigenvalue weighted by atomic mass is 10.1. The van der Waals surface area contributed by atoms with Crippen LogP contribution in [0.3, 0.4) is 0 Å². The largest absolute Gasteiger partial charge is 0.396 e. The highest BCUT2D eigenvalue weighted by atomic mass is 28.3. The predicted octanol–water partition coefficient (Wildman–Crippen LogP) is 2.28. The van der Waals surface area contributed by atoms with Crippen LogP contribution in [-0.4, -0.2) is 19.8 Å². The van der Waals surface area contributed by atoms with Crippen LogP contribution in [-0.2, 0) is 0 Å². The van der Waals surface area contributed by atoms with Gasteiger partial charge in [-0.3, -0.25) is 0 Å². The highest BCUT2D eigenvalue weighted by Gasteiger charge is 2.07. The molecule has 0 rings (SSSR count). The van der Waals surface area contributed by atoms with E-state index in [-0.39, 0.29) is 6.61 Å². The van der Waals surface area contributed by atoms with Gasteiger partial charge >= 0.3 is 0 Å². The second-order valence-corrected chi connectivity index (χ2v) is 9.13. The van der Waals surface area contributed by atoms with E-state index in [1.165, 1.54) is 0 Å². The maximum Gasteiger partial charge on any atom is 0.129 e. The summed E-state index contributed by atoms with van der Waals surface area (Å²) in [6, 6.07) is 0. The molecule has 2 heteroatoms. The highest BCUT2D eigenvalue weighted by molar-refractivity contribution is 6.83. The van der Waals surface area contributed by atoms with Gasteiger partial charge in [0.25, 0.3) is 0 Å². The molecule has 0 aromatic carbocycles. The summed E-state index contributed by atoms with van der Waals surface area (Å²) in [7, 11) is -1.16. The van der Waals surface area contributed by atoms with Crippen molar-refractivity contribution >= 4 is 8.07 Å².